The van der Waals surface area contributed by atoms with Crippen molar-refractivity contribution in [3.05, 3.63) is 99.4 Å². The summed E-state index contributed by atoms with van der Waals surface area (Å²) in [6.45, 7) is 3.81. The maximum absolute atomic E-state index is 14.2. The van der Waals surface area contributed by atoms with E-state index < -0.39 is 17.5 Å². The second kappa shape index (κ2) is 10.6. The SMILES string of the molecule is CCCc1cc(F)c(C#Cc2ccc(C#Cc3ccc(N=C=S)c(F)c3)c(C)c2)c(F)c1. The average molecular weight is 446 g/mol. The van der Waals surface area contributed by atoms with Crippen molar-refractivity contribution in [2.75, 3.05) is 0 Å². The van der Waals surface area contributed by atoms with Crippen LogP contribution in [0.25, 0.3) is 0 Å². The van der Waals surface area contributed by atoms with Gasteiger partial charge in [0.25, 0.3) is 0 Å². The molecule has 0 spiro atoms. The normalized spacial score (nSPS) is 9.78. The Morgan fingerprint density at radius 3 is 2.09 bits per heavy atom. The topological polar surface area (TPSA) is 12.4 Å². The van der Waals surface area contributed by atoms with Crippen molar-refractivity contribution in [1.82, 2.24) is 0 Å². The number of benzene rings is 3. The highest BCUT2D eigenvalue weighted by Gasteiger charge is 2.09. The number of thiocarbonyl (C=S) groups is 1. The largest absolute Gasteiger partial charge is 0.206 e. The van der Waals surface area contributed by atoms with E-state index in [9.17, 15) is 13.2 Å². The van der Waals surface area contributed by atoms with Crippen molar-refractivity contribution in [3.63, 3.8) is 0 Å². The molecular weight excluding hydrogens is 427 g/mol. The number of halogens is 3. The van der Waals surface area contributed by atoms with Crippen molar-refractivity contribution in [2.24, 2.45) is 4.99 Å². The van der Waals surface area contributed by atoms with E-state index in [0.29, 0.717) is 23.1 Å². The van der Waals surface area contributed by atoms with E-state index >= 15 is 0 Å². The molecule has 0 unspecified atom stereocenters. The lowest BCUT2D eigenvalue weighted by molar-refractivity contribution is 0.573. The van der Waals surface area contributed by atoms with Crippen molar-refractivity contribution < 1.29 is 13.2 Å². The van der Waals surface area contributed by atoms with Crippen LogP contribution in [0.4, 0.5) is 18.9 Å². The molecule has 3 aromatic rings. The molecule has 158 valence electrons. The second-order valence-corrected chi connectivity index (χ2v) is 7.27. The predicted octanol–water partition coefficient (Wildman–Crippen LogP) is 6.90. The summed E-state index contributed by atoms with van der Waals surface area (Å²) in [7, 11) is 0. The fourth-order valence-electron chi connectivity index (χ4n) is 3.06. The number of hydrogen-bond donors (Lipinski definition) is 0. The molecule has 0 fully saturated rings. The van der Waals surface area contributed by atoms with E-state index in [1.54, 1.807) is 24.3 Å². The monoisotopic (exact) mass is 445 g/mol. The third-order valence-electron chi connectivity index (χ3n) is 4.65. The van der Waals surface area contributed by atoms with Gasteiger partial charge in [0, 0.05) is 16.7 Å². The molecule has 3 rings (SSSR count). The van der Waals surface area contributed by atoms with Gasteiger partial charge in [-0.1, -0.05) is 37.0 Å². The van der Waals surface area contributed by atoms with Gasteiger partial charge in [0.1, 0.15) is 17.3 Å². The van der Waals surface area contributed by atoms with Gasteiger partial charge in [0.05, 0.1) is 10.7 Å². The van der Waals surface area contributed by atoms with Gasteiger partial charge in [0.2, 0.25) is 0 Å². The minimum atomic E-state index is -0.658. The molecule has 0 saturated heterocycles. The fourth-order valence-corrected chi connectivity index (χ4v) is 3.16. The summed E-state index contributed by atoms with van der Waals surface area (Å²) < 4.78 is 42.4. The second-order valence-electron chi connectivity index (χ2n) is 7.08. The van der Waals surface area contributed by atoms with Gasteiger partial charge in [-0.25, -0.2) is 13.2 Å². The first-order chi connectivity index (χ1) is 15.4. The Hall–Kier alpha value is -3.63. The molecule has 0 aliphatic rings. The van der Waals surface area contributed by atoms with E-state index in [2.05, 4.69) is 46.1 Å². The fraction of sp³-hybridized carbons (Fsp3) is 0.148. The Kier molecular flexibility index (Phi) is 7.63. The Bertz CT molecular complexity index is 1320. The summed E-state index contributed by atoms with van der Waals surface area (Å²) >= 11 is 4.48. The van der Waals surface area contributed by atoms with Crippen LogP contribution in [0.3, 0.4) is 0 Å². The lowest BCUT2D eigenvalue weighted by Gasteiger charge is -2.03. The molecule has 0 heterocycles. The van der Waals surface area contributed by atoms with Crippen LogP contribution >= 0.6 is 12.2 Å². The maximum atomic E-state index is 14.2. The summed E-state index contributed by atoms with van der Waals surface area (Å²) in [5, 5.41) is 2.13. The molecule has 3 aromatic carbocycles. The summed E-state index contributed by atoms with van der Waals surface area (Å²) in [6, 6.07) is 12.4. The minimum Gasteiger partial charge on any atom is -0.206 e. The zero-order valence-electron chi connectivity index (χ0n) is 17.5. The summed E-state index contributed by atoms with van der Waals surface area (Å²) in [4.78, 5) is 3.63. The average Bonchev–Trinajstić information content (AvgIpc) is 2.74. The lowest BCUT2D eigenvalue weighted by atomic mass is 10.0. The molecule has 0 aromatic heterocycles. The maximum Gasteiger partial charge on any atom is 0.150 e. The van der Waals surface area contributed by atoms with E-state index in [0.717, 1.165) is 17.5 Å². The smallest absolute Gasteiger partial charge is 0.150 e. The zero-order valence-corrected chi connectivity index (χ0v) is 18.3. The summed E-state index contributed by atoms with van der Waals surface area (Å²) in [6.07, 6.45) is 1.42. The van der Waals surface area contributed by atoms with E-state index in [1.807, 2.05) is 13.8 Å². The van der Waals surface area contributed by atoms with E-state index in [4.69, 9.17) is 0 Å². The van der Waals surface area contributed by atoms with Gasteiger partial charge in [-0.15, -0.1) is 0 Å². The van der Waals surface area contributed by atoms with Crippen molar-refractivity contribution >= 4 is 23.1 Å². The van der Waals surface area contributed by atoms with Crippen LogP contribution in [-0.4, -0.2) is 5.16 Å². The van der Waals surface area contributed by atoms with Gasteiger partial charge in [0.15, 0.2) is 5.82 Å². The molecule has 0 radical (unpaired) electrons. The van der Waals surface area contributed by atoms with Crippen molar-refractivity contribution in [3.8, 4) is 23.7 Å². The molecule has 0 atom stereocenters. The van der Waals surface area contributed by atoms with Crippen LogP contribution in [0.5, 0.6) is 0 Å². The molecular formula is C27H18F3NS. The number of isothiocyanates is 1. The first kappa shape index (κ1) is 23.0. The first-order valence-electron chi connectivity index (χ1n) is 9.91. The Labute approximate surface area is 191 Å². The van der Waals surface area contributed by atoms with Crippen LogP contribution < -0.4 is 0 Å². The summed E-state index contributed by atoms with van der Waals surface area (Å²) in [5.41, 5.74) is 3.16. The first-order valence-corrected chi connectivity index (χ1v) is 10.3. The molecule has 0 aliphatic carbocycles. The highest BCUT2D eigenvalue weighted by Crippen LogP contribution is 2.19. The molecule has 32 heavy (non-hydrogen) atoms. The minimum absolute atomic E-state index is 0.109. The highest BCUT2D eigenvalue weighted by atomic mass is 32.1. The van der Waals surface area contributed by atoms with Crippen LogP contribution in [0.2, 0.25) is 0 Å². The quantitative estimate of drug-likeness (QED) is 0.243. The molecule has 0 N–H and O–H groups in total. The van der Waals surface area contributed by atoms with Crippen LogP contribution in [-0.2, 0) is 6.42 Å². The Morgan fingerprint density at radius 1 is 0.812 bits per heavy atom. The summed E-state index contributed by atoms with van der Waals surface area (Å²) in [5.74, 6) is 9.46. The van der Waals surface area contributed by atoms with Crippen molar-refractivity contribution in [2.45, 2.75) is 26.7 Å². The molecule has 0 aliphatic heterocycles. The highest BCUT2D eigenvalue weighted by molar-refractivity contribution is 7.78. The Balaban J connectivity index is 1.83. The molecule has 0 amide bonds. The number of nitrogens with zero attached hydrogens (tertiary/aromatic N) is 1. The van der Waals surface area contributed by atoms with Crippen LogP contribution in [0, 0.1) is 48.1 Å². The van der Waals surface area contributed by atoms with E-state index in [1.165, 1.54) is 24.3 Å². The van der Waals surface area contributed by atoms with Crippen LogP contribution in [0.1, 0.15) is 46.7 Å². The van der Waals surface area contributed by atoms with Gasteiger partial charge < -0.3 is 0 Å². The third-order valence-corrected chi connectivity index (χ3v) is 4.75. The molecule has 0 bridgehead atoms. The molecule has 5 heteroatoms. The van der Waals surface area contributed by atoms with E-state index in [-0.39, 0.29) is 11.3 Å². The predicted molar refractivity (Wildman–Crippen MR) is 125 cm³/mol. The number of rotatable bonds is 3. The zero-order chi connectivity index (χ0) is 23.1. The van der Waals surface area contributed by atoms with Gasteiger partial charge in [-0.05, 0) is 85.2 Å². The Morgan fingerprint density at radius 2 is 1.47 bits per heavy atom. The number of aliphatic imine (C=N–C) groups is 1. The molecule has 1 nitrogen and oxygen atoms in total. The van der Waals surface area contributed by atoms with Gasteiger partial charge >= 0.3 is 0 Å². The van der Waals surface area contributed by atoms with Gasteiger partial charge in [-0.3, -0.25) is 0 Å². The number of hydrogen-bond acceptors (Lipinski definition) is 2. The van der Waals surface area contributed by atoms with Crippen LogP contribution in [0.15, 0.2) is 53.5 Å². The number of aryl methyl sites for hydroxylation is 2. The third kappa shape index (κ3) is 5.74. The lowest BCUT2D eigenvalue weighted by Crippen LogP contribution is -1.95. The standard InChI is InChI=1S/C27H18F3NS/c1-3-4-21-15-24(28)23(25(29)16-21)11-7-19-5-9-22(18(2)13-19)10-6-20-8-12-27(31-17-32)26(30)14-20/h5,8-9,12-16H,3-4H2,1-2H3. The van der Waals surface area contributed by atoms with Crippen molar-refractivity contribution in [1.29, 1.82) is 0 Å². The molecule has 0 saturated carbocycles. The van der Waals surface area contributed by atoms with Gasteiger partial charge in [-0.2, -0.15) is 4.99 Å².